The van der Waals surface area contributed by atoms with E-state index >= 15 is 0 Å². The minimum Gasteiger partial charge on any atom is -0.480 e. The van der Waals surface area contributed by atoms with Gasteiger partial charge in [-0.3, -0.25) is 15.5 Å². The van der Waals surface area contributed by atoms with Crippen molar-refractivity contribution in [2.75, 3.05) is 20.6 Å². The number of urea groups is 1. The highest BCUT2D eigenvalue weighted by molar-refractivity contribution is 5.93. The molecule has 0 saturated carbocycles. The van der Waals surface area contributed by atoms with Crippen LogP contribution >= 0.6 is 0 Å². The number of hydrogen-bond acceptors (Lipinski definition) is 4. The third-order valence-corrected chi connectivity index (χ3v) is 0.863. The highest BCUT2D eigenvalue weighted by Crippen LogP contribution is 1.70. The van der Waals surface area contributed by atoms with Crippen molar-refractivity contribution >= 4 is 18.0 Å². The number of nitrogens with zero attached hydrogens (tertiary/aromatic N) is 1. The first-order valence-electron chi connectivity index (χ1n) is 3.55. The van der Waals surface area contributed by atoms with Gasteiger partial charge >= 0.3 is 12.0 Å². The SMILES string of the molecule is CN(C)C(=N)NC(N)=O.NCC(=O)O. The van der Waals surface area contributed by atoms with Gasteiger partial charge in [0, 0.05) is 14.1 Å². The summed E-state index contributed by atoms with van der Waals surface area (Å²) in [5, 5.41) is 16.7. The summed E-state index contributed by atoms with van der Waals surface area (Å²) in [6.45, 7) is -0.278. The fourth-order valence-corrected chi connectivity index (χ4v) is 0.228. The zero-order valence-electron chi connectivity index (χ0n) is 8.07. The molecule has 0 heterocycles. The average Bonchev–Trinajstić information content (AvgIpc) is 2.04. The minimum atomic E-state index is -0.968. The van der Waals surface area contributed by atoms with Crippen LogP contribution in [0.4, 0.5) is 4.79 Å². The van der Waals surface area contributed by atoms with Crippen molar-refractivity contribution in [3.05, 3.63) is 0 Å². The van der Waals surface area contributed by atoms with Crippen LogP contribution in [0.15, 0.2) is 0 Å². The van der Waals surface area contributed by atoms with E-state index in [1.54, 1.807) is 14.1 Å². The molecule has 0 spiro atoms. The Kier molecular flexibility index (Phi) is 8.18. The molecule has 2 amide bonds. The molecule has 0 fully saturated rings. The van der Waals surface area contributed by atoms with E-state index in [2.05, 4.69) is 11.1 Å². The lowest BCUT2D eigenvalue weighted by atomic mass is 10.7. The van der Waals surface area contributed by atoms with E-state index in [0.717, 1.165) is 0 Å². The van der Waals surface area contributed by atoms with Gasteiger partial charge in [-0.25, -0.2) is 4.79 Å². The number of nitrogens with two attached hydrogens (primary N) is 2. The van der Waals surface area contributed by atoms with Gasteiger partial charge in [-0.1, -0.05) is 0 Å². The van der Waals surface area contributed by atoms with Crippen molar-refractivity contribution in [1.29, 1.82) is 5.41 Å². The third-order valence-electron chi connectivity index (χ3n) is 0.863. The fraction of sp³-hybridized carbons (Fsp3) is 0.500. The van der Waals surface area contributed by atoms with Gasteiger partial charge in [-0.05, 0) is 0 Å². The maximum absolute atomic E-state index is 10.1. The molecular formula is C6H15N5O3. The molecule has 8 heteroatoms. The van der Waals surface area contributed by atoms with E-state index in [0.29, 0.717) is 0 Å². The second-order valence-electron chi connectivity index (χ2n) is 2.33. The van der Waals surface area contributed by atoms with Crippen LogP contribution in [0, 0.1) is 5.41 Å². The Morgan fingerprint density at radius 2 is 1.86 bits per heavy atom. The van der Waals surface area contributed by atoms with Crippen molar-refractivity contribution in [1.82, 2.24) is 10.2 Å². The van der Waals surface area contributed by atoms with Gasteiger partial charge < -0.3 is 21.5 Å². The molecule has 8 nitrogen and oxygen atoms in total. The van der Waals surface area contributed by atoms with Crippen LogP contribution in [0.2, 0.25) is 0 Å². The lowest BCUT2D eigenvalue weighted by Gasteiger charge is -2.11. The second-order valence-corrected chi connectivity index (χ2v) is 2.33. The standard InChI is InChI=1S/C4H10N4O.C2H5NO2/c1-8(2)3(5)7-4(6)9;3-1-2(4)5/h1-2H3,(H4,5,6,7,9);1,3H2,(H,4,5). The predicted octanol–water partition coefficient (Wildman–Crippen LogP) is -1.82. The summed E-state index contributed by atoms with van der Waals surface area (Å²) >= 11 is 0. The Labute approximate surface area is 81.4 Å². The third kappa shape index (κ3) is 12.8. The van der Waals surface area contributed by atoms with Crippen molar-refractivity contribution in [2.45, 2.75) is 0 Å². The number of carbonyl (C=O) groups excluding carboxylic acids is 1. The number of nitrogens with one attached hydrogen (secondary N) is 2. The molecule has 7 N–H and O–H groups in total. The zero-order chi connectivity index (χ0) is 11.7. The van der Waals surface area contributed by atoms with Crippen LogP contribution in [-0.4, -0.2) is 48.6 Å². The zero-order valence-corrected chi connectivity index (χ0v) is 8.07. The van der Waals surface area contributed by atoms with E-state index in [9.17, 15) is 9.59 Å². The van der Waals surface area contributed by atoms with Gasteiger partial charge in [0.2, 0.25) is 0 Å². The van der Waals surface area contributed by atoms with E-state index in [1.807, 2.05) is 0 Å². The van der Waals surface area contributed by atoms with Gasteiger partial charge in [0.25, 0.3) is 0 Å². The van der Waals surface area contributed by atoms with Crippen LogP contribution in [0.25, 0.3) is 0 Å². The molecule has 0 aromatic rings. The summed E-state index contributed by atoms with van der Waals surface area (Å²) in [6.07, 6.45) is 0. The molecule has 0 rings (SSSR count). The molecular weight excluding hydrogens is 190 g/mol. The molecule has 0 unspecified atom stereocenters. The molecule has 82 valence electrons. The number of amides is 2. The van der Waals surface area contributed by atoms with E-state index < -0.39 is 12.0 Å². The molecule has 0 saturated heterocycles. The lowest BCUT2D eigenvalue weighted by molar-refractivity contribution is -0.135. The monoisotopic (exact) mass is 205 g/mol. The number of rotatable bonds is 1. The average molecular weight is 205 g/mol. The summed E-state index contributed by atoms with van der Waals surface area (Å²) in [5.41, 5.74) is 9.29. The van der Waals surface area contributed by atoms with Crippen molar-refractivity contribution in [3.63, 3.8) is 0 Å². The molecule has 0 aromatic heterocycles. The highest BCUT2D eigenvalue weighted by atomic mass is 16.4. The van der Waals surface area contributed by atoms with Gasteiger partial charge in [0.05, 0.1) is 6.54 Å². The van der Waals surface area contributed by atoms with Crippen LogP contribution < -0.4 is 16.8 Å². The maximum Gasteiger partial charge on any atom is 0.318 e. The van der Waals surface area contributed by atoms with Gasteiger partial charge in [-0.15, -0.1) is 0 Å². The fourth-order valence-electron chi connectivity index (χ4n) is 0.228. The Bertz CT molecular complexity index is 216. The van der Waals surface area contributed by atoms with Crippen LogP contribution in [0.5, 0.6) is 0 Å². The Balaban J connectivity index is 0. The van der Waals surface area contributed by atoms with Crippen LogP contribution in [0.1, 0.15) is 0 Å². The Morgan fingerprint density at radius 3 is 1.93 bits per heavy atom. The summed E-state index contributed by atoms with van der Waals surface area (Å²) in [4.78, 5) is 20.7. The molecule has 0 aliphatic rings. The number of hydrogen-bond donors (Lipinski definition) is 5. The van der Waals surface area contributed by atoms with Crippen molar-refractivity contribution in [2.24, 2.45) is 11.5 Å². The lowest BCUT2D eigenvalue weighted by Crippen LogP contribution is -2.42. The minimum absolute atomic E-state index is 0.0116. The Morgan fingerprint density at radius 1 is 1.50 bits per heavy atom. The van der Waals surface area contributed by atoms with E-state index in [4.69, 9.17) is 16.2 Å². The van der Waals surface area contributed by atoms with Gasteiger partial charge in [0.15, 0.2) is 5.96 Å². The normalized spacial score (nSPS) is 7.93. The summed E-state index contributed by atoms with van der Waals surface area (Å²) in [7, 11) is 3.27. The second kappa shape index (κ2) is 7.80. The number of aliphatic carboxylic acids is 1. The number of guanidine groups is 1. The first-order chi connectivity index (χ1) is 6.31. The summed E-state index contributed by atoms with van der Waals surface area (Å²) in [6, 6.07) is -0.714. The number of carboxylic acids is 1. The highest BCUT2D eigenvalue weighted by Gasteiger charge is 1.98. The van der Waals surface area contributed by atoms with E-state index in [1.165, 1.54) is 4.90 Å². The predicted molar refractivity (Wildman–Crippen MR) is 50.8 cm³/mol. The van der Waals surface area contributed by atoms with Gasteiger partial charge in [0.1, 0.15) is 0 Å². The molecule has 0 aliphatic carbocycles. The Hall–Kier alpha value is -1.83. The van der Waals surface area contributed by atoms with E-state index in [-0.39, 0.29) is 12.5 Å². The summed E-state index contributed by atoms with van der Waals surface area (Å²) in [5.74, 6) is -0.979. The van der Waals surface area contributed by atoms with Crippen LogP contribution in [0.3, 0.4) is 0 Å². The number of primary amides is 1. The molecule has 0 radical (unpaired) electrons. The molecule has 0 aromatic carbocycles. The first kappa shape index (κ1) is 14.7. The largest absolute Gasteiger partial charge is 0.480 e. The van der Waals surface area contributed by atoms with Crippen molar-refractivity contribution in [3.8, 4) is 0 Å². The molecule has 14 heavy (non-hydrogen) atoms. The van der Waals surface area contributed by atoms with Crippen molar-refractivity contribution < 1.29 is 14.7 Å². The topological polar surface area (TPSA) is 146 Å². The first-order valence-corrected chi connectivity index (χ1v) is 3.55. The smallest absolute Gasteiger partial charge is 0.318 e. The molecule has 0 aliphatic heterocycles. The quantitative estimate of drug-likeness (QED) is 0.253. The van der Waals surface area contributed by atoms with Crippen LogP contribution in [-0.2, 0) is 4.79 Å². The molecule has 0 atom stereocenters. The van der Waals surface area contributed by atoms with Gasteiger partial charge in [-0.2, -0.15) is 0 Å². The molecule has 0 bridgehead atoms. The summed E-state index contributed by atoms with van der Waals surface area (Å²) < 4.78 is 0. The maximum atomic E-state index is 10.1. The number of carboxylic acid groups (broad SMARTS) is 1. The number of carbonyl (C=O) groups is 2.